The number of aliphatic imine (C=N–C) groups is 1. The summed E-state index contributed by atoms with van der Waals surface area (Å²) < 4.78 is 11.1. The van der Waals surface area contributed by atoms with Gasteiger partial charge in [0.2, 0.25) is 5.79 Å². The molecule has 0 spiro atoms. The molecule has 134 valence electrons. The van der Waals surface area contributed by atoms with Gasteiger partial charge in [0, 0.05) is 18.3 Å². The molecule has 2 aromatic carbocycles. The molecule has 26 heavy (non-hydrogen) atoms. The van der Waals surface area contributed by atoms with Gasteiger partial charge < -0.3 is 9.47 Å². The lowest BCUT2D eigenvalue weighted by molar-refractivity contribution is -0.384. The van der Waals surface area contributed by atoms with Crippen molar-refractivity contribution in [2.24, 2.45) is 4.99 Å². The van der Waals surface area contributed by atoms with Gasteiger partial charge in [0.05, 0.1) is 29.7 Å². The standard InChI is InChI=1S/C19H17ClN2O4/c20-14-19(25-10-11-26-19)9-8-15-4-6-17(7-5-15)21-13-16-2-1-3-18(12-16)22(23)24/h1-9,12-13H,10-11,14H2. The molecule has 1 fully saturated rings. The smallest absolute Gasteiger partial charge is 0.270 e. The highest BCUT2D eigenvalue weighted by Crippen LogP contribution is 2.24. The molecule has 7 heteroatoms. The van der Waals surface area contributed by atoms with E-state index in [2.05, 4.69) is 4.99 Å². The highest BCUT2D eigenvalue weighted by molar-refractivity contribution is 6.18. The van der Waals surface area contributed by atoms with E-state index in [0.717, 1.165) is 11.3 Å². The van der Waals surface area contributed by atoms with Crippen molar-refractivity contribution in [3.8, 4) is 0 Å². The Morgan fingerprint density at radius 1 is 1.15 bits per heavy atom. The lowest BCUT2D eigenvalue weighted by Crippen LogP contribution is -2.29. The van der Waals surface area contributed by atoms with Gasteiger partial charge in [-0.25, -0.2) is 0 Å². The Morgan fingerprint density at radius 3 is 2.54 bits per heavy atom. The Labute approximate surface area is 155 Å². The first-order valence-corrected chi connectivity index (χ1v) is 8.55. The summed E-state index contributed by atoms with van der Waals surface area (Å²) in [6, 6.07) is 13.9. The van der Waals surface area contributed by atoms with E-state index in [4.69, 9.17) is 21.1 Å². The fourth-order valence-electron chi connectivity index (χ4n) is 2.45. The number of nitro benzene ring substituents is 1. The molecule has 1 aliphatic rings. The number of ether oxygens (including phenoxy) is 2. The van der Waals surface area contributed by atoms with E-state index < -0.39 is 10.7 Å². The monoisotopic (exact) mass is 372 g/mol. The topological polar surface area (TPSA) is 74.0 Å². The predicted octanol–water partition coefficient (Wildman–Crippen LogP) is 4.34. The van der Waals surface area contributed by atoms with Gasteiger partial charge in [0.1, 0.15) is 0 Å². The molecule has 0 N–H and O–H groups in total. The summed E-state index contributed by atoms with van der Waals surface area (Å²) >= 11 is 5.92. The van der Waals surface area contributed by atoms with Gasteiger partial charge in [0.25, 0.3) is 5.69 Å². The lowest BCUT2D eigenvalue weighted by Gasteiger charge is -2.20. The third-order valence-corrected chi connectivity index (χ3v) is 4.20. The number of hydrogen-bond donors (Lipinski definition) is 0. The van der Waals surface area contributed by atoms with Gasteiger partial charge in [0.15, 0.2) is 0 Å². The minimum Gasteiger partial charge on any atom is -0.343 e. The number of hydrogen-bond acceptors (Lipinski definition) is 5. The predicted molar refractivity (Wildman–Crippen MR) is 101 cm³/mol. The maximum absolute atomic E-state index is 10.8. The zero-order chi connectivity index (χ0) is 18.4. The van der Waals surface area contributed by atoms with Crippen LogP contribution in [0.15, 0.2) is 59.6 Å². The van der Waals surface area contributed by atoms with Gasteiger partial charge in [-0.1, -0.05) is 30.3 Å². The maximum Gasteiger partial charge on any atom is 0.270 e. The maximum atomic E-state index is 10.8. The van der Waals surface area contributed by atoms with Crippen molar-refractivity contribution in [2.75, 3.05) is 19.1 Å². The molecule has 0 aromatic heterocycles. The van der Waals surface area contributed by atoms with Gasteiger partial charge in [-0.05, 0) is 29.3 Å². The Bertz CT molecular complexity index is 828. The Balaban J connectivity index is 1.68. The Morgan fingerprint density at radius 2 is 1.88 bits per heavy atom. The molecule has 1 aliphatic heterocycles. The van der Waals surface area contributed by atoms with Gasteiger partial charge in [-0.2, -0.15) is 0 Å². The van der Waals surface area contributed by atoms with Crippen LogP contribution in [0.5, 0.6) is 0 Å². The number of benzene rings is 2. The van der Waals surface area contributed by atoms with Crippen molar-refractivity contribution in [1.29, 1.82) is 0 Å². The van der Waals surface area contributed by atoms with Crippen LogP contribution in [0.1, 0.15) is 11.1 Å². The molecule has 0 atom stereocenters. The van der Waals surface area contributed by atoms with Crippen LogP contribution >= 0.6 is 11.6 Å². The second-order valence-electron chi connectivity index (χ2n) is 5.68. The summed E-state index contributed by atoms with van der Waals surface area (Å²) in [5, 5.41) is 10.8. The van der Waals surface area contributed by atoms with Crippen molar-refractivity contribution < 1.29 is 14.4 Å². The highest BCUT2D eigenvalue weighted by atomic mass is 35.5. The first-order chi connectivity index (χ1) is 12.6. The van der Waals surface area contributed by atoms with Crippen molar-refractivity contribution >= 4 is 35.3 Å². The number of alkyl halides is 1. The van der Waals surface area contributed by atoms with E-state index in [9.17, 15) is 10.1 Å². The van der Waals surface area contributed by atoms with Crippen molar-refractivity contribution in [2.45, 2.75) is 5.79 Å². The summed E-state index contributed by atoms with van der Waals surface area (Å²) in [5.74, 6) is -0.616. The zero-order valence-electron chi connectivity index (χ0n) is 13.9. The molecule has 3 rings (SSSR count). The van der Waals surface area contributed by atoms with E-state index in [0.29, 0.717) is 18.8 Å². The quantitative estimate of drug-likeness (QED) is 0.327. The minimum atomic E-state index is -0.847. The van der Waals surface area contributed by atoms with Crippen LogP contribution in [0.2, 0.25) is 0 Å². The third-order valence-electron chi connectivity index (χ3n) is 3.83. The van der Waals surface area contributed by atoms with Crippen molar-refractivity contribution in [1.82, 2.24) is 0 Å². The van der Waals surface area contributed by atoms with Crippen molar-refractivity contribution in [3.05, 3.63) is 75.8 Å². The Kier molecular flexibility index (Phi) is 5.78. The van der Waals surface area contributed by atoms with Crippen LogP contribution in [-0.2, 0) is 9.47 Å². The summed E-state index contributed by atoms with van der Waals surface area (Å²) in [5.41, 5.74) is 2.42. The van der Waals surface area contributed by atoms with Gasteiger partial charge in [-0.3, -0.25) is 15.1 Å². The molecule has 0 radical (unpaired) electrons. The van der Waals surface area contributed by atoms with Crippen LogP contribution in [0.25, 0.3) is 6.08 Å². The molecular formula is C19H17ClN2O4. The van der Waals surface area contributed by atoms with E-state index in [-0.39, 0.29) is 11.6 Å². The van der Waals surface area contributed by atoms with Crippen LogP contribution in [-0.4, -0.2) is 36.0 Å². The fourth-order valence-corrected chi connectivity index (χ4v) is 2.69. The van der Waals surface area contributed by atoms with E-state index in [1.807, 2.05) is 36.4 Å². The highest BCUT2D eigenvalue weighted by Gasteiger charge is 2.32. The molecule has 0 amide bonds. The second kappa shape index (κ2) is 8.23. The molecule has 1 saturated heterocycles. The Hall–Kier alpha value is -2.54. The molecule has 0 saturated carbocycles. The van der Waals surface area contributed by atoms with Crippen LogP contribution < -0.4 is 0 Å². The first kappa shape index (κ1) is 18.3. The summed E-state index contributed by atoms with van der Waals surface area (Å²) in [4.78, 5) is 14.7. The number of rotatable bonds is 6. The van der Waals surface area contributed by atoms with Crippen molar-refractivity contribution in [3.63, 3.8) is 0 Å². The van der Waals surface area contributed by atoms with E-state index in [1.165, 1.54) is 12.1 Å². The average Bonchev–Trinajstić information content (AvgIpc) is 3.15. The molecular weight excluding hydrogens is 356 g/mol. The minimum absolute atomic E-state index is 0.0407. The van der Waals surface area contributed by atoms with Gasteiger partial charge >= 0.3 is 0 Å². The first-order valence-electron chi connectivity index (χ1n) is 8.02. The fraction of sp³-hybridized carbons (Fsp3) is 0.211. The summed E-state index contributed by atoms with van der Waals surface area (Å²) in [6.07, 6.45) is 5.30. The second-order valence-corrected chi connectivity index (χ2v) is 5.94. The van der Waals surface area contributed by atoms with Crippen LogP contribution in [0, 0.1) is 10.1 Å². The molecule has 0 bridgehead atoms. The third kappa shape index (κ3) is 4.54. The average molecular weight is 373 g/mol. The number of halogens is 1. The summed E-state index contributed by atoms with van der Waals surface area (Å²) in [7, 11) is 0. The van der Waals surface area contributed by atoms with E-state index in [1.54, 1.807) is 18.3 Å². The molecule has 6 nitrogen and oxygen atoms in total. The van der Waals surface area contributed by atoms with Gasteiger partial charge in [-0.15, -0.1) is 11.6 Å². The molecule has 2 aromatic rings. The largest absolute Gasteiger partial charge is 0.343 e. The summed E-state index contributed by atoms with van der Waals surface area (Å²) in [6.45, 7) is 1.06. The number of non-ortho nitro benzene ring substituents is 1. The zero-order valence-corrected chi connectivity index (χ0v) is 14.6. The van der Waals surface area contributed by atoms with Crippen LogP contribution in [0.3, 0.4) is 0 Å². The normalized spacial score (nSPS) is 16.5. The molecule has 0 aliphatic carbocycles. The lowest BCUT2D eigenvalue weighted by atomic mass is 10.1. The van der Waals surface area contributed by atoms with Crippen LogP contribution in [0.4, 0.5) is 11.4 Å². The molecule has 1 heterocycles. The number of nitrogens with zero attached hydrogens (tertiary/aromatic N) is 2. The van der Waals surface area contributed by atoms with E-state index >= 15 is 0 Å². The molecule has 0 unspecified atom stereocenters. The SMILES string of the molecule is O=[N+]([O-])c1cccc(C=Nc2ccc(C=CC3(CCl)OCCO3)cc2)c1. The number of nitro groups is 1.